The summed E-state index contributed by atoms with van der Waals surface area (Å²) in [5, 5.41) is 10.2. The number of hydrogen-bond donors (Lipinski definition) is 2. The molecule has 0 bridgehead atoms. The summed E-state index contributed by atoms with van der Waals surface area (Å²) in [4.78, 5) is -0.0562. The molecule has 2 aliphatic rings. The molecule has 0 aromatic heterocycles. The summed E-state index contributed by atoms with van der Waals surface area (Å²) in [5.41, 5.74) is -4.49. The topological polar surface area (TPSA) is 33.3 Å². The van der Waals surface area contributed by atoms with Gasteiger partial charge in [-0.3, -0.25) is 0 Å². The van der Waals surface area contributed by atoms with Gasteiger partial charge in [-0.05, 0) is 0 Å². The second-order valence-corrected chi connectivity index (χ2v) is 19.2. The zero-order chi connectivity index (χ0) is 35.0. The molecule has 6 aromatic rings. The minimum atomic E-state index is -5.88. The predicted octanol–water partition coefficient (Wildman–Crippen LogP) is 11.1. The average molecular weight is 735 g/mol. The third kappa shape index (κ3) is 4.43. The summed E-state index contributed by atoms with van der Waals surface area (Å²) in [6, 6.07) is 33.4. The molecular weight excluding hydrogens is 710 g/mol. The summed E-state index contributed by atoms with van der Waals surface area (Å²) in [6.07, 6.45) is -11.8. The second-order valence-electron chi connectivity index (χ2n) is 12.0. The summed E-state index contributed by atoms with van der Waals surface area (Å²) in [6.45, 7) is 0. The molecule has 0 saturated heterocycles. The maximum atomic E-state index is 15.3. The van der Waals surface area contributed by atoms with Gasteiger partial charge in [-0.2, -0.15) is 0 Å². The van der Waals surface area contributed by atoms with Gasteiger partial charge in [-0.25, -0.2) is 0 Å². The number of fused-ring (bicyclic) bond motifs is 4. The molecule has 0 atom stereocenters. The van der Waals surface area contributed by atoms with Gasteiger partial charge in [0.05, 0.1) is 0 Å². The second kappa shape index (κ2) is 11.3. The quantitative estimate of drug-likeness (QED) is 0.105. The molecule has 2 heterocycles. The number of alkyl halides is 6. The molecule has 50 heavy (non-hydrogen) atoms. The van der Waals surface area contributed by atoms with E-state index in [-0.39, 0.29) is 25.9 Å². The fourth-order valence-electron chi connectivity index (χ4n) is 7.11. The zero-order valence-electron chi connectivity index (χ0n) is 25.7. The van der Waals surface area contributed by atoms with E-state index in [2.05, 4.69) is 10.6 Å². The van der Waals surface area contributed by atoms with Crippen LogP contribution in [0.2, 0.25) is 0 Å². The maximum absolute atomic E-state index is 15.3. The Morgan fingerprint density at radius 3 is 1.78 bits per heavy atom. The Morgan fingerprint density at radius 1 is 0.620 bits per heavy atom. The number of anilines is 2. The molecule has 12 heteroatoms. The SMILES string of the molecule is FC(F)(F)C1(C(F)(F)F)OP2(c3ccccc3)(SC(Nc3cccc4ccccc34)=C2C(=S)Nc2cccc3ccccc23)c2ccccc21. The first kappa shape index (κ1) is 32.8. The van der Waals surface area contributed by atoms with Gasteiger partial charge in [0.15, 0.2) is 0 Å². The van der Waals surface area contributed by atoms with Crippen molar-refractivity contribution in [3.63, 3.8) is 0 Å². The van der Waals surface area contributed by atoms with Gasteiger partial charge in [-0.15, -0.1) is 0 Å². The summed E-state index contributed by atoms with van der Waals surface area (Å²) < 4.78 is 98.1. The van der Waals surface area contributed by atoms with Gasteiger partial charge in [0, 0.05) is 0 Å². The zero-order valence-corrected chi connectivity index (χ0v) is 28.2. The van der Waals surface area contributed by atoms with Crippen LogP contribution in [0.4, 0.5) is 37.7 Å². The van der Waals surface area contributed by atoms with Crippen molar-refractivity contribution in [2.24, 2.45) is 0 Å². The van der Waals surface area contributed by atoms with Gasteiger partial charge in [0.2, 0.25) is 0 Å². The third-order valence-corrected chi connectivity index (χ3v) is 18.6. The fourth-order valence-corrected chi connectivity index (χ4v) is 17.8. The molecule has 0 radical (unpaired) electrons. The van der Waals surface area contributed by atoms with E-state index in [1.807, 2.05) is 66.7 Å². The molecule has 8 rings (SSSR count). The molecule has 1 spiro atoms. The van der Waals surface area contributed by atoms with Crippen molar-refractivity contribution < 1.29 is 30.9 Å². The van der Waals surface area contributed by atoms with Crippen LogP contribution in [-0.4, -0.2) is 17.3 Å². The Bertz CT molecular complexity index is 2360. The van der Waals surface area contributed by atoms with E-state index in [1.54, 1.807) is 36.4 Å². The predicted molar refractivity (Wildman–Crippen MR) is 196 cm³/mol. The van der Waals surface area contributed by atoms with Crippen LogP contribution in [0.1, 0.15) is 5.56 Å². The van der Waals surface area contributed by atoms with Crippen LogP contribution in [0.5, 0.6) is 0 Å². The van der Waals surface area contributed by atoms with Crippen LogP contribution in [0.15, 0.2) is 150 Å². The van der Waals surface area contributed by atoms with E-state index in [9.17, 15) is 0 Å². The van der Waals surface area contributed by atoms with Gasteiger partial charge < -0.3 is 0 Å². The van der Waals surface area contributed by atoms with Crippen LogP contribution in [-0.2, 0) is 10.1 Å². The summed E-state index contributed by atoms with van der Waals surface area (Å²) >= 11 is 6.97. The molecule has 0 unspecified atom stereocenters. The van der Waals surface area contributed by atoms with Crippen molar-refractivity contribution in [1.82, 2.24) is 0 Å². The normalized spacial score (nSPS) is 18.2. The van der Waals surface area contributed by atoms with Crippen molar-refractivity contribution >= 4 is 78.1 Å². The summed E-state index contributed by atoms with van der Waals surface area (Å²) in [7, 11) is 0. The van der Waals surface area contributed by atoms with Crippen molar-refractivity contribution in [3.05, 3.63) is 155 Å². The molecule has 2 N–H and O–H groups in total. The van der Waals surface area contributed by atoms with Gasteiger partial charge in [0.25, 0.3) is 0 Å². The number of halogens is 6. The van der Waals surface area contributed by atoms with Gasteiger partial charge in [-0.1, -0.05) is 0 Å². The van der Waals surface area contributed by atoms with Crippen molar-refractivity contribution in [2.75, 3.05) is 10.6 Å². The van der Waals surface area contributed by atoms with Crippen molar-refractivity contribution in [1.29, 1.82) is 0 Å². The van der Waals surface area contributed by atoms with Crippen LogP contribution in [0, 0.1) is 0 Å². The van der Waals surface area contributed by atoms with Crippen molar-refractivity contribution in [2.45, 2.75) is 18.0 Å². The Labute approximate surface area is 292 Å². The molecule has 2 aliphatic heterocycles. The van der Waals surface area contributed by atoms with E-state index in [1.165, 1.54) is 30.3 Å². The molecule has 0 fully saturated rings. The summed E-state index contributed by atoms with van der Waals surface area (Å²) in [5.74, 6) is 0. The van der Waals surface area contributed by atoms with Crippen LogP contribution < -0.4 is 21.2 Å². The van der Waals surface area contributed by atoms with E-state index < -0.39 is 29.5 Å². The molecule has 252 valence electrons. The first-order chi connectivity index (χ1) is 23.9. The van der Waals surface area contributed by atoms with Crippen LogP contribution >= 0.6 is 29.6 Å². The van der Waals surface area contributed by atoms with Crippen molar-refractivity contribution in [3.8, 4) is 0 Å². The fraction of sp³-hybridized carbons (Fsp3) is 0.0789. The standard InChI is InChI=1S/C38H25F6N2OPS2/c39-37(40,41)36(38(42,43)44)29-20-8-9-23-32(29)48(47-36,26-16-2-1-3-17-26)33(34(49)45-30-21-10-14-24-12-4-6-18-27(24)30)35(50-48)46-31-22-11-15-25-13-5-7-19-28(25)31/h1-23,46H,(H,45,49). The van der Waals surface area contributed by atoms with Crippen LogP contribution in [0.3, 0.4) is 0 Å². The number of nitrogens with one attached hydrogen (secondary N) is 2. The Hall–Kier alpha value is -4.41. The first-order valence-corrected chi connectivity index (χ1v) is 19.4. The first-order valence-electron chi connectivity index (χ1n) is 15.4. The minimum absolute atomic E-state index is 0.0471. The van der Waals surface area contributed by atoms with E-state index in [0.717, 1.165) is 39.0 Å². The van der Waals surface area contributed by atoms with E-state index >= 15 is 26.3 Å². The number of thiocarbonyl (C=S) groups is 1. The average Bonchev–Trinajstić information content (AvgIpc) is 3.40. The molecule has 6 aromatic carbocycles. The molecular formula is C38H25F6N2OPS2. The Kier molecular flexibility index (Phi) is 7.41. The Balaban J connectivity index is 1.44. The number of benzene rings is 6. The number of hydrogen-bond acceptors (Lipinski definition) is 4. The van der Waals surface area contributed by atoms with Crippen LogP contribution in [0.25, 0.3) is 21.5 Å². The number of rotatable bonds is 5. The van der Waals surface area contributed by atoms with Gasteiger partial charge in [0.1, 0.15) is 0 Å². The Morgan fingerprint density at radius 2 is 1.14 bits per heavy atom. The third-order valence-electron chi connectivity index (χ3n) is 9.23. The van der Waals surface area contributed by atoms with E-state index in [4.69, 9.17) is 16.7 Å². The monoisotopic (exact) mass is 734 g/mol. The molecule has 0 amide bonds. The van der Waals surface area contributed by atoms with Gasteiger partial charge >= 0.3 is 293 Å². The molecule has 0 aliphatic carbocycles. The van der Waals surface area contributed by atoms with E-state index in [0.29, 0.717) is 11.4 Å². The molecule has 0 saturated carbocycles. The molecule has 3 nitrogen and oxygen atoms in total.